The first-order valence-corrected chi connectivity index (χ1v) is 11.8. The molecule has 10 nitrogen and oxygen atoms in total. The minimum atomic E-state index is -4.60. The number of hydrogen-bond donors (Lipinski definition) is 2. The second-order valence-corrected chi connectivity index (χ2v) is 8.80. The van der Waals surface area contributed by atoms with Crippen LogP contribution >= 0.6 is 24.8 Å². The molecular weight excluding hydrogens is 610 g/mol. The molecule has 0 fully saturated rings. The van der Waals surface area contributed by atoms with E-state index in [-0.39, 0.29) is 52.7 Å². The van der Waals surface area contributed by atoms with E-state index in [4.69, 9.17) is 0 Å². The summed E-state index contributed by atoms with van der Waals surface area (Å²) in [5, 5.41) is 5.71. The Labute approximate surface area is 256 Å². The Morgan fingerprint density at radius 1 is 0.930 bits per heavy atom. The number of pyridine rings is 1. The molecule has 5 rings (SSSR count). The summed E-state index contributed by atoms with van der Waals surface area (Å²) in [6, 6.07) is 13.7. The van der Waals surface area contributed by atoms with Crippen LogP contribution in [0.1, 0.15) is 27.2 Å². The minimum absolute atomic E-state index is 0. The zero-order chi connectivity index (χ0) is 27.6. The zero-order valence-electron chi connectivity index (χ0n) is 22.7. The molecule has 6 N–H and O–H groups in total. The van der Waals surface area contributed by atoms with Crippen molar-refractivity contribution in [3.8, 4) is 16.9 Å². The normalized spacial score (nSPS) is 10.3. The van der Waals surface area contributed by atoms with Crippen molar-refractivity contribution in [2.45, 2.75) is 20.0 Å². The number of alkyl halides is 3. The van der Waals surface area contributed by atoms with Crippen LogP contribution < -0.4 is 10.6 Å². The number of nitrogens with zero attached hydrogens (tertiary/aromatic N) is 5. The van der Waals surface area contributed by atoms with Crippen molar-refractivity contribution < 1.29 is 28.9 Å². The molecule has 0 saturated carbocycles. The van der Waals surface area contributed by atoms with Gasteiger partial charge in [-0.15, -0.1) is 24.8 Å². The van der Waals surface area contributed by atoms with Crippen molar-refractivity contribution in [1.29, 1.82) is 0 Å². The summed E-state index contributed by atoms with van der Waals surface area (Å²) in [5.41, 5.74) is 3.09. The van der Waals surface area contributed by atoms with Crippen molar-refractivity contribution in [3.05, 3.63) is 108 Å². The fourth-order valence-electron chi connectivity index (χ4n) is 3.87. The predicted octanol–water partition coefficient (Wildman–Crippen LogP) is 5.55. The van der Waals surface area contributed by atoms with Gasteiger partial charge in [0.15, 0.2) is 0 Å². The zero-order valence-corrected chi connectivity index (χ0v) is 24.3. The summed E-state index contributed by atoms with van der Waals surface area (Å²) in [6.07, 6.45) is 3.38. The maximum atomic E-state index is 13.6. The van der Waals surface area contributed by atoms with Crippen LogP contribution in [0.4, 0.5) is 30.5 Å². The molecule has 3 heterocycles. The van der Waals surface area contributed by atoms with Crippen molar-refractivity contribution in [1.82, 2.24) is 24.5 Å². The molecule has 0 bridgehead atoms. The Morgan fingerprint density at radius 2 is 1.70 bits per heavy atom. The van der Waals surface area contributed by atoms with Gasteiger partial charge in [-0.2, -0.15) is 13.2 Å². The van der Waals surface area contributed by atoms with E-state index in [9.17, 15) is 18.0 Å². The van der Waals surface area contributed by atoms with E-state index in [0.29, 0.717) is 23.0 Å². The van der Waals surface area contributed by atoms with E-state index in [1.165, 1.54) is 17.0 Å². The highest BCUT2D eigenvalue weighted by atomic mass is 35.5. The number of aromatic nitrogens is 5. The van der Waals surface area contributed by atoms with E-state index in [1.54, 1.807) is 62.0 Å². The van der Waals surface area contributed by atoms with E-state index < -0.39 is 17.6 Å². The molecule has 2 aromatic carbocycles. The van der Waals surface area contributed by atoms with E-state index >= 15 is 0 Å². The van der Waals surface area contributed by atoms with Gasteiger partial charge >= 0.3 is 6.18 Å². The van der Waals surface area contributed by atoms with Gasteiger partial charge in [-0.3, -0.25) is 9.78 Å². The third-order valence-corrected chi connectivity index (χ3v) is 5.87. The summed E-state index contributed by atoms with van der Waals surface area (Å²) in [5.74, 6) is -0.259. The van der Waals surface area contributed by atoms with Crippen LogP contribution in [-0.4, -0.2) is 41.4 Å². The fourth-order valence-corrected chi connectivity index (χ4v) is 3.87. The first-order valence-electron chi connectivity index (χ1n) is 11.8. The number of amides is 1. The van der Waals surface area contributed by atoms with Gasteiger partial charge in [0.25, 0.3) is 5.91 Å². The van der Waals surface area contributed by atoms with Crippen LogP contribution in [0.25, 0.3) is 16.9 Å². The molecule has 1 amide bonds. The monoisotopic (exact) mass is 637 g/mol. The molecule has 15 heteroatoms. The van der Waals surface area contributed by atoms with Gasteiger partial charge in [0.1, 0.15) is 0 Å². The van der Waals surface area contributed by atoms with E-state index in [0.717, 1.165) is 23.3 Å². The lowest BCUT2D eigenvalue weighted by Gasteiger charge is -2.14. The topological polar surface area (TPSA) is 161 Å². The van der Waals surface area contributed by atoms with E-state index in [2.05, 4.69) is 30.6 Å². The molecule has 0 radical (unpaired) electrons. The van der Waals surface area contributed by atoms with Gasteiger partial charge in [-0.1, -0.05) is 6.07 Å². The third kappa shape index (κ3) is 8.72. The van der Waals surface area contributed by atoms with E-state index in [1.807, 2.05) is 13.0 Å². The molecule has 228 valence electrons. The van der Waals surface area contributed by atoms with Gasteiger partial charge in [0.05, 0.1) is 23.3 Å². The smallest absolute Gasteiger partial charge is 0.412 e. The van der Waals surface area contributed by atoms with Crippen LogP contribution in [0.2, 0.25) is 0 Å². The lowest BCUT2D eigenvalue weighted by atomic mass is 10.1. The largest absolute Gasteiger partial charge is 0.416 e. The Bertz CT molecular complexity index is 1670. The number of benzene rings is 2. The van der Waals surface area contributed by atoms with Crippen molar-refractivity contribution in [3.63, 3.8) is 0 Å². The second-order valence-electron chi connectivity index (χ2n) is 8.80. The Hall–Kier alpha value is -4.56. The summed E-state index contributed by atoms with van der Waals surface area (Å²) < 4.78 is 42.3. The fraction of sp³-hybridized carbons (Fsp3) is 0.107. The highest BCUT2D eigenvalue weighted by Gasteiger charge is 2.31. The number of anilines is 3. The van der Waals surface area contributed by atoms with Gasteiger partial charge in [-0.25, -0.2) is 15.0 Å². The Morgan fingerprint density at radius 3 is 2.35 bits per heavy atom. The van der Waals surface area contributed by atoms with Crippen LogP contribution in [0, 0.1) is 13.8 Å². The molecule has 3 aromatic heterocycles. The van der Waals surface area contributed by atoms with Gasteiger partial charge in [0.2, 0.25) is 5.95 Å². The molecule has 0 atom stereocenters. The van der Waals surface area contributed by atoms with Crippen LogP contribution in [0.15, 0.2) is 85.7 Å². The molecule has 0 unspecified atom stereocenters. The van der Waals surface area contributed by atoms with Gasteiger partial charge in [-0.05, 0) is 67.9 Å². The quantitative estimate of drug-likeness (QED) is 0.248. The molecule has 0 saturated heterocycles. The number of hydrogen-bond acceptors (Lipinski definition) is 6. The SMILES string of the molecule is Cc1cn(-c2cc(NC(=O)c3ccc(C)c(Nc4nccc(-c5cccnc5)n4)c3)cc(C(F)(F)F)c2)cn1.Cl.Cl.O.O. The second kappa shape index (κ2) is 15.1. The van der Waals surface area contributed by atoms with Crippen molar-refractivity contribution >= 4 is 48.0 Å². The number of aryl methyl sites for hydroxylation is 2. The van der Waals surface area contributed by atoms with Gasteiger partial charge in [0, 0.05) is 53.0 Å². The van der Waals surface area contributed by atoms with Crippen LogP contribution in [0.3, 0.4) is 0 Å². The summed E-state index contributed by atoms with van der Waals surface area (Å²) >= 11 is 0. The summed E-state index contributed by atoms with van der Waals surface area (Å²) in [4.78, 5) is 30.1. The number of imidazole rings is 1. The maximum Gasteiger partial charge on any atom is 0.416 e. The Balaban J connectivity index is 0.00000231. The maximum absolute atomic E-state index is 13.6. The lowest BCUT2D eigenvalue weighted by Crippen LogP contribution is -2.14. The average Bonchev–Trinajstić information content (AvgIpc) is 3.36. The van der Waals surface area contributed by atoms with Crippen molar-refractivity contribution in [2.24, 2.45) is 0 Å². The summed E-state index contributed by atoms with van der Waals surface area (Å²) in [7, 11) is 0. The first-order chi connectivity index (χ1) is 18.7. The van der Waals surface area contributed by atoms with Gasteiger partial charge < -0.3 is 26.2 Å². The third-order valence-electron chi connectivity index (χ3n) is 5.87. The highest BCUT2D eigenvalue weighted by molar-refractivity contribution is 6.05. The number of rotatable bonds is 6. The first kappa shape index (κ1) is 36.5. The molecule has 0 aliphatic rings. The van der Waals surface area contributed by atoms with Crippen LogP contribution in [0.5, 0.6) is 0 Å². The molecule has 0 spiro atoms. The van der Waals surface area contributed by atoms with Crippen LogP contribution in [-0.2, 0) is 6.18 Å². The summed E-state index contributed by atoms with van der Waals surface area (Å²) in [6.45, 7) is 3.58. The molecule has 5 aromatic rings. The molecule has 0 aliphatic heterocycles. The number of carbonyl (C=O) groups excluding carboxylic acids is 1. The highest BCUT2D eigenvalue weighted by Crippen LogP contribution is 2.33. The number of halogens is 5. The predicted molar refractivity (Wildman–Crippen MR) is 163 cm³/mol. The standard InChI is InChI=1S/C28H22F3N7O.2ClH.2H2O/c1-17-5-6-19(10-25(17)37-27-33-9-7-24(36-27)20-4-3-8-32-14-20)26(39)35-22-11-21(28(29,30)31)12-23(13-22)38-15-18(2)34-16-38;;;;/h3-16H,1-2H3,(H,35,39)(H,33,36,37);2*1H;2*1H2. The average molecular weight is 638 g/mol. The molecular formula is C28H28Cl2F3N7O3. The molecule has 43 heavy (non-hydrogen) atoms. The molecule has 0 aliphatic carbocycles. The lowest BCUT2D eigenvalue weighted by molar-refractivity contribution is -0.137. The number of nitrogens with one attached hydrogen (secondary N) is 2. The minimum Gasteiger partial charge on any atom is -0.412 e. The number of carbonyl (C=O) groups is 1. The van der Waals surface area contributed by atoms with Crippen molar-refractivity contribution in [2.75, 3.05) is 10.6 Å². The Kier molecular flexibility index (Phi) is 12.8.